The van der Waals surface area contributed by atoms with Crippen molar-refractivity contribution in [2.45, 2.75) is 51.7 Å². The lowest BCUT2D eigenvalue weighted by Gasteiger charge is -2.20. The molecule has 4 aromatic rings. The summed E-state index contributed by atoms with van der Waals surface area (Å²) in [6.07, 6.45) is -1.61. The van der Waals surface area contributed by atoms with E-state index >= 15 is 0 Å². The molecule has 0 amide bonds. The van der Waals surface area contributed by atoms with Gasteiger partial charge in [-0.1, -0.05) is 31.4 Å². The van der Waals surface area contributed by atoms with Crippen molar-refractivity contribution in [1.82, 2.24) is 9.97 Å². The van der Waals surface area contributed by atoms with E-state index in [1.165, 1.54) is 0 Å². The highest BCUT2D eigenvalue weighted by Gasteiger charge is 2.19. The van der Waals surface area contributed by atoms with Gasteiger partial charge in [0.15, 0.2) is 0 Å². The molecule has 1 aliphatic carbocycles. The monoisotopic (exact) mass is 361 g/mol. The van der Waals surface area contributed by atoms with Gasteiger partial charge in [0.25, 0.3) is 0 Å². The lowest BCUT2D eigenvalue weighted by Crippen LogP contribution is -2.06. The maximum Gasteiger partial charge on any atom is 0.227 e. The van der Waals surface area contributed by atoms with E-state index in [0.29, 0.717) is 12.0 Å². The molecule has 1 aliphatic rings. The summed E-state index contributed by atoms with van der Waals surface area (Å²) in [4.78, 5) is 9.07. The molecule has 3 heterocycles. The van der Waals surface area contributed by atoms with Gasteiger partial charge >= 0.3 is 0 Å². The van der Waals surface area contributed by atoms with Crippen LogP contribution in [0.15, 0.2) is 47.0 Å². The number of hydrogen-bond acceptors (Lipinski definition) is 3. The highest BCUT2D eigenvalue weighted by atomic mass is 16.3. The summed E-state index contributed by atoms with van der Waals surface area (Å²) < 4.78 is 48.8. The number of aryl methyl sites for hydroxylation is 2. The summed E-state index contributed by atoms with van der Waals surface area (Å²) >= 11 is 0. The Morgan fingerprint density at radius 3 is 2.70 bits per heavy atom. The van der Waals surface area contributed by atoms with E-state index in [9.17, 15) is 0 Å². The van der Waals surface area contributed by atoms with E-state index in [-0.39, 0.29) is 24.2 Å². The van der Waals surface area contributed by atoms with Gasteiger partial charge < -0.3 is 4.42 Å². The Morgan fingerprint density at radius 2 is 1.89 bits per heavy atom. The van der Waals surface area contributed by atoms with Gasteiger partial charge in [-0.05, 0) is 62.0 Å². The molecule has 27 heavy (non-hydrogen) atoms. The Labute approximate surface area is 166 Å². The van der Waals surface area contributed by atoms with Crippen molar-refractivity contribution in [2.24, 2.45) is 0 Å². The normalized spacial score (nSPS) is 23.3. The Hall–Kier alpha value is -2.68. The van der Waals surface area contributed by atoms with Crippen molar-refractivity contribution >= 4 is 22.1 Å². The number of rotatable bonds is 2. The second-order valence-corrected chi connectivity index (χ2v) is 7.07. The Morgan fingerprint density at radius 1 is 1.04 bits per heavy atom. The third kappa shape index (κ3) is 2.82. The van der Waals surface area contributed by atoms with Crippen LogP contribution in [-0.2, 0) is 0 Å². The standard InChI is InChI=1S/C24H24N2O/c1-15-13-22(25-14-16(15)2)20-10-6-9-18-19-11-12-21(17-7-4-3-5-8-17)26-24(19)27-23(18)20/h6,9-14,17H,3-5,7-8H2,1-2H3/i7D2,8D2,17D. The Balaban J connectivity index is 1.72. The minimum absolute atomic E-state index is 0.0598. The van der Waals surface area contributed by atoms with E-state index in [4.69, 9.17) is 11.3 Å². The summed E-state index contributed by atoms with van der Waals surface area (Å²) in [6, 6.07) is 11.2. The Bertz CT molecular complexity index is 1350. The number of aromatic nitrogens is 2. The number of benzene rings is 1. The fourth-order valence-electron chi connectivity index (χ4n) is 3.55. The molecule has 0 bridgehead atoms. The van der Waals surface area contributed by atoms with Crippen LogP contribution in [-0.4, -0.2) is 9.97 Å². The van der Waals surface area contributed by atoms with Crippen LogP contribution in [0.4, 0.5) is 0 Å². The van der Waals surface area contributed by atoms with Crippen LogP contribution in [0.2, 0.25) is 0 Å². The zero-order valence-electron chi connectivity index (χ0n) is 20.5. The summed E-state index contributed by atoms with van der Waals surface area (Å²) in [5.41, 5.74) is 4.80. The van der Waals surface area contributed by atoms with Gasteiger partial charge in [-0.25, -0.2) is 4.98 Å². The molecule has 136 valence electrons. The topological polar surface area (TPSA) is 38.9 Å². The summed E-state index contributed by atoms with van der Waals surface area (Å²) in [6.45, 7) is 4.05. The zero-order valence-corrected chi connectivity index (χ0v) is 15.5. The molecule has 1 fully saturated rings. The first-order chi connectivity index (χ1) is 15.0. The smallest absolute Gasteiger partial charge is 0.227 e. The molecule has 0 atom stereocenters. The maximum atomic E-state index is 8.93. The molecule has 5 rings (SSSR count). The first-order valence-corrected chi connectivity index (χ1v) is 9.32. The number of furan rings is 1. The molecule has 0 radical (unpaired) electrons. The van der Waals surface area contributed by atoms with Gasteiger partial charge in [0.2, 0.25) is 5.71 Å². The molecule has 3 nitrogen and oxygen atoms in total. The SMILES string of the molecule is [2H]C1([2H])CCCC([2H])([2H])C1([2H])c1ccc2c(n1)oc1c(-c3cc(C)c(C)cn3)cccc12. The highest BCUT2D eigenvalue weighted by molar-refractivity contribution is 6.08. The molecule has 1 aromatic carbocycles. The lowest BCUT2D eigenvalue weighted by atomic mass is 9.86. The first kappa shape index (κ1) is 11.9. The van der Waals surface area contributed by atoms with Crippen molar-refractivity contribution in [1.29, 1.82) is 0 Å². The van der Waals surface area contributed by atoms with E-state index < -0.39 is 18.6 Å². The predicted octanol–water partition coefficient (Wildman–Crippen LogP) is 6.71. The number of pyridine rings is 2. The molecule has 1 saturated carbocycles. The molecule has 3 aromatic heterocycles. The van der Waals surface area contributed by atoms with Gasteiger partial charge in [0, 0.05) is 41.0 Å². The maximum absolute atomic E-state index is 8.93. The number of fused-ring (bicyclic) bond motifs is 3. The molecule has 3 heteroatoms. The van der Waals surface area contributed by atoms with E-state index in [1.54, 1.807) is 12.1 Å². The van der Waals surface area contributed by atoms with Crippen molar-refractivity contribution in [3.63, 3.8) is 0 Å². The van der Waals surface area contributed by atoms with Crippen LogP contribution in [0.25, 0.3) is 33.3 Å². The molecule has 0 N–H and O–H groups in total. The van der Waals surface area contributed by atoms with Crippen molar-refractivity contribution < 1.29 is 11.3 Å². The number of nitrogens with zero attached hydrogens (tertiary/aromatic N) is 2. The first-order valence-electron chi connectivity index (χ1n) is 11.8. The van der Waals surface area contributed by atoms with Crippen molar-refractivity contribution in [3.8, 4) is 11.3 Å². The summed E-state index contributed by atoms with van der Waals surface area (Å²) in [7, 11) is 0. The highest BCUT2D eigenvalue weighted by Crippen LogP contribution is 2.37. The summed E-state index contributed by atoms with van der Waals surface area (Å²) in [5.74, 6) is -2.12. The fourth-order valence-corrected chi connectivity index (χ4v) is 3.55. The number of hydrogen-bond donors (Lipinski definition) is 0. The minimum Gasteiger partial charge on any atom is -0.437 e. The average molecular weight is 361 g/mol. The largest absolute Gasteiger partial charge is 0.437 e. The molecule has 0 spiro atoms. The second kappa shape index (κ2) is 6.49. The Kier molecular flexibility index (Phi) is 2.86. The fraction of sp³-hybridized carbons (Fsp3) is 0.333. The van der Waals surface area contributed by atoms with Crippen molar-refractivity contribution in [3.05, 3.63) is 59.4 Å². The van der Waals surface area contributed by atoms with Gasteiger partial charge in [-0.3, -0.25) is 4.98 Å². The molecular formula is C24H24N2O. The molecule has 0 aliphatic heterocycles. The summed E-state index contributed by atoms with van der Waals surface area (Å²) in [5, 5.41) is 1.60. The quantitative estimate of drug-likeness (QED) is 0.398. The average Bonchev–Trinajstić information content (AvgIpc) is 3.11. The molecule has 0 unspecified atom stereocenters. The van der Waals surface area contributed by atoms with Crippen LogP contribution < -0.4 is 0 Å². The van der Waals surface area contributed by atoms with Crippen molar-refractivity contribution in [2.75, 3.05) is 0 Å². The zero-order chi connectivity index (χ0) is 22.9. The van der Waals surface area contributed by atoms with E-state index in [0.717, 1.165) is 33.2 Å². The third-order valence-corrected chi connectivity index (χ3v) is 5.23. The van der Waals surface area contributed by atoms with Crippen LogP contribution in [0.5, 0.6) is 0 Å². The molecular weight excluding hydrogens is 332 g/mol. The van der Waals surface area contributed by atoms with Gasteiger partial charge in [0.05, 0.1) is 5.69 Å². The molecule has 0 saturated heterocycles. The van der Waals surface area contributed by atoms with Crippen LogP contribution >= 0.6 is 0 Å². The second-order valence-electron chi connectivity index (χ2n) is 7.07. The van der Waals surface area contributed by atoms with Crippen LogP contribution in [0.1, 0.15) is 61.6 Å². The number of para-hydroxylation sites is 1. The predicted molar refractivity (Wildman–Crippen MR) is 110 cm³/mol. The van der Waals surface area contributed by atoms with Gasteiger partial charge in [0.1, 0.15) is 5.58 Å². The minimum atomic E-state index is -2.12. The van der Waals surface area contributed by atoms with Crippen LogP contribution in [0, 0.1) is 13.8 Å². The van der Waals surface area contributed by atoms with E-state index in [2.05, 4.69) is 9.97 Å². The third-order valence-electron chi connectivity index (χ3n) is 5.23. The van der Waals surface area contributed by atoms with Gasteiger partial charge in [-0.2, -0.15) is 0 Å². The van der Waals surface area contributed by atoms with E-state index in [1.807, 2.05) is 44.3 Å². The van der Waals surface area contributed by atoms with Crippen LogP contribution in [0.3, 0.4) is 0 Å². The lowest BCUT2D eigenvalue weighted by molar-refractivity contribution is 0.436. The van der Waals surface area contributed by atoms with Gasteiger partial charge in [-0.15, -0.1) is 0 Å².